The molecule has 22 heavy (non-hydrogen) atoms. The summed E-state index contributed by atoms with van der Waals surface area (Å²) in [5, 5.41) is 5.11. The van der Waals surface area contributed by atoms with Gasteiger partial charge in [0.05, 0.1) is 11.3 Å². The van der Waals surface area contributed by atoms with E-state index < -0.39 is 21.7 Å². The molecule has 1 aromatic heterocycles. The van der Waals surface area contributed by atoms with E-state index in [1.54, 1.807) is 6.07 Å². The van der Waals surface area contributed by atoms with E-state index in [1.165, 1.54) is 24.5 Å². The van der Waals surface area contributed by atoms with Crippen LogP contribution in [-0.2, 0) is 0 Å². The maximum Gasteiger partial charge on any atom is 0.288 e. The minimum absolute atomic E-state index is 0.0448. The van der Waals surface area contributed by atoms with Crippen LogP contribution in [0, 0.1) is 5.82 Å². The summed E-state index contributed by atoms with van der Waals surface area (Å²) in [5.41, 5.74) is 0.276. The minimum Gasteiger partial charge on any atom is -0.459 e. The van der Waals surface area contributed by atoms with Gasteiger partial charge in [0.2, 0.25) is 3.79 Å². The summed E-state index contributed by atoms with van der Waals surface area (Å²) in [6.45, 7) is 0. The van der Waals surface area contributed by atoms with Crippen molar-refractivity contribution in [2.45, 2.75) is 9.96 Å². The van der Waals surface area contributed by atoms with Gasteiger partial charge in [0, 0.05) is 5.69 Å². The van der Waals surface area contributed by atoms with Crippen LogP contribution in [0.15, 0.2) is 41.0 Å². The topological polar surface area (TPSA) is 54.3 Å². The Hall–Kier alpha value is -1.14. The van der Waals surface area contributed by atoms with Crippen molar-refractivity contribution in [2.24, 2.45) is 0 Å². The van der Waals surface area contributed by atoms with Crippen molar-refractivity contribution in [1.29, 1.82) is 0 Å². The van der Waals surface area contributed by atoms with Crippen LogP contribution >= 0.6 is 46.4 Å². The third-order valence-corrected chi connectivity index (χ3v) is 3.54. The first-order valence-corrected chi connectivity index (χ1v) is 7.41. The van der Waals surface area contributed by atoms with Gasteiger partial charge in [-0.1, -0.05) is 46.4 Å². The molecule has 2 aromatic rings. The van der Waals surface area contributed by atoms with Crippen LogP contribution in [0.5, 0.6) is 0 Å². The highest BCUT2D eigenvalue weighted by Gasteiger charge is 2.34. The fourth-order valence-electron chi connectivity index (χ4n) is 1.56. The second-order valence-electron chi connectivity index (χ2n) is 4.20. The van der Waals surface area contributed by atoms with E-state index >= 15 is 0 Å². The lowest BCUT2D eigenvalue weighted by molar-refractivity contribution is 0.0914. The molecule has 1 heterocycles. The zero-order valence-corrected chi connectivity index (χ0v) is 13.8. The van der Waals surface area contributed by atoms with Gasteiger partial charge in [0.25, 0.3) is 5.91 Å². The molecule has 1 amide bonds. The molecule has 0 spiro atoms. The average molecular weight is 386 g/mol. The van der Waals surface area contributed by atoms with Crippen LogP contribution in [0.2, 0.25) is 5.02 Å². The summed E-state index contributed by atoms with van der Waals surface area (Å²) in [6, 6.07) is 6.93. The van der Waals surface area contributed by atoms with Crippen LogP contribution in [0.4, 0.5) is 10.1 Å². The van der Waals surface area contributed by atoms with E-state index in [0.29, 0.717) is 0 Å². The maximum absolute atomic E-state index is 13.4. The Labute approximate surface area is 145 Å². The molecular formula is C13H9Cl4FN2O2. The average Bonchev–Trinajstić information content (AvgIpc) is 2.95. The highest BCUT2D eigenvalue weighted by Crippen LogP contribution is 2.31. The molecule has 0 fully saturated rings. The van der Waals surface area contributed by atoms with Crippen molar-refractivity contribution in [1.82, 2.24) is 5.32 Å². The van der Waals surface area contributed by atoms with Crippen LogP contribution in [0.3, 0.4) is 0 Å². The summed E-state index contributed by atoms with van der Waals surface area (Å²) in [7, 11) is 0. The first-order valence-electron chi connectivity index (χ1n) is 5.90. The largest absolute Gasteiger partial charge is 0.459 e. The van der Waals surface area contributed by atoms with Crippen LogP contribution in [-0.4, -0.2) is 15.9 Å². The van der Waals surface area contributed by atoms with Gasteiger partial charge in [-0.05, 0) is 30.3 Å². The number of nitrogens with one attached hydrogen (secondary N) is 2. The number of carbonyl (C=O) groups excluding carboxylic acids is 1. The van der Waals surface area contributed by atoms with Crippen molar-refractivity contribution < 1.29 is 13.6 Å². The first-order chi connectivity index (χ1) is 10.3. The minimum atomic E-state index is -1.89. The smallest absolute Gasteiger partial charge is 0.288 e. The number of halogens is 5. The Kier molecular flexibility index (Phi) is 5.45. The summed E-state index contributed by atoms with van der Waals surface area (Å²) < 4.78 is 16.5. The molecule has 1 atom stereocenters. The monoisotopic (exact) mass is 384 g/mol. The molecule has 0 radical (unpaired) electrons. The second-order valence-corrected chi connectivity index (χ2v) is 6.97. The van der Waals surface area contributed by atoms with Gasteiger partial charge in [0.15, 0.2) is 5.76 Å². The van der Waals surface area contributed by atoms with Gasteiger partial charge in [-0.15, -0.1) is 0 Å². The molecule has 0 bridgehead atoms. The summed E-state index contributed by atoms with van der Waals surface area (Å²) in [6.07, 6.45) is 0.206. The molecule has 2 N–H and O–H groups in total. The van der Waals surface area contributed by atoms with Crippen molar-refractivity contribution in [3.63, 3.8) is 0 Å². The number of benzene rings is 1. The third-order valence-electron chi connectivity index (χ3n) is 2.58. The number of hydrogen-bond donors (Lipinski definition) is 2. The van der Waals surface area contributed by atoms with E-state index in [-0.39, 0.29) is 16.5 Å². The first kappa shape index (κ1) is 17.2. The van der Waals surface area contributed by atoms with E-state index in [9.17, 15) is 9.18 Å². The molecular weight excluding hydrogens is 377 g/mol. The van der Waals surface area contributed by atoms with E-state index in [2.05, 4.69) is 10.6 Å². The lowest BCUT2D eigenvalue weighted by Gasteiger charge is -2.27. The van der Waals surface area contributed by atoms with E-state index in [4.69, 9.17) is 50.8 Å². The van der Waals surface area contributed by atoms with Crippen LogP contribution in [0.1, 0.15) is 10.6 Å². The lowest BCUT2D eigenvalue weighted by atomic mass is 10.3. The van der Waals surface area contributed by atoms with Crippen molar-refractivity contribution >= 4 is 58.0 Å². The Bertz CT molecular complexity index is 659. The van der Waals surface area contributed by atoms with Gasteiger partial charge in [0.1, 0.15) is 12.0 Å². The zero-order chi connectivity index (χ0) is 16.3. The highest BCUT2D eigenvalue weighted by molar-refractivity contribution is 6.68. The van der Waals surface area contributed by atoms with Gasteiger partial charge in [-0.3, -0.25) is 4.79 Å². The van der Waals surface area contributed by atoms with Gasteiger partial charge in [-0.2, -0.15) is 0 Å². The van der Waals surface area contributed by atoms with Crippen molar-refractivity contribution in [3.8, 4) is 0 Å². The van der Waals surface area contributed by atoms with E-state index in [0.717, 1.165) is 6.07 Å². The van der Waals surface area contributed by atoms with Crippen LogP contribution in [0.25, 0.3) is 0 Å². The molecule has 1 unspecified atom stereocenters. The number of alkyl halides is 3. The maximum atomic E-state index is 13.4. The van der Waals surface area contributed by atoms with E-state index in [1.807, 2.05) is 0 Å². The SMILES string of the molecule is O=C(NC(Nc1ccc(Cl)c(F)c1)C(Cl)(Cl)Cl)c1ccco1. The van der Waals surface area contributed by atoms with Gasteiger partial charge in [-0.25, -0.2) is 4.39 Å². The molecule has 118 valence electrons. The molecule has 1 aromatic carbocycles. The number of hydrogen-bond acceptors (Lipinski definition) is 3. The summed E-state index contributed by atoms with van der Waals surface area (Å²) in [5.74, 6) is -1.20. The molecule has 0 aliphatic carbocycles. The van der Waals surface area contributed by atoms with Crippen molar-refractivity contribution in [2.75, 3.05) is 5.32 Å². The summed E-state index contributed by atoms with van der Waals surface area (Å²) >= 11 is 23.1. The quantitative estimate of drug-likeness (QED) is 0.596. The highest BCUT2D eigenvalue weighted by atomic mass is 35.6. The molecule has 0 saturated heterocycles. The van der Waals surface area contributed by atoms with Gasteiger partial charge >= 0.3 is 0 Å². The molecule has 9 heteroatoms. The number of furan rings is 1. The lowest BCUT2D eigenvalue weighted by Crippen LogP contribution is -2.49. The predicted octanol–water partition coefficient (Wildman–Crippen LogP) is 4.61. The zero-order valence-electron chi connectivity index (χ0n) is 10.7. The molecule has 0 aliphatic rings. The number of carbonyl (C=O) groups is 1. The molecule has 4 nitrogen and oxygen atoms in total. The molecule has 0 aliphatic heterocycles. The summed E-state index contributed by atoms with van der Waals surface area (Å²) in [4.78, 5) is 12.0. The van der Waals surface area contributed by atoms with Crippen molar-refractivity contribution in [3.05, 3.63) is 53.2 Å². The Morgan fingerprint density at radius 2 is 2.00 bits per heavy atom. The number of rotatable bonds is 4. The Balaban J connectivity index is 2.16. The molecule has 0 saturated carbocycles. The second kappa shape index (κ2) is 6.96. The Morgan fingerprint density at radius 3 is 2.55 bits per heavy atom. The van der Waals surface area contributed by atoms with Gasteiger partial charge < -0.3 is 15.1 Å². The number of anilines is 1. The predicted molar refractivity (Wildman–Crippen MR) is 85.3 cm³/mol. The standard InChI is InChI=1S/C13H9Cl4FN2O2/c14-8-4-3-7(6-9(8)18)19-12(13(15,16)17)20-11(21)10-2-1-5-22-10/h1-6,12,19H,(H,20,21). The fraction of sp³-hybridized carbons (Fsp3) is 0.154. The third kappa shape index (κ3) is 4.43. The molecule has 2 rings (SSSR count). The normalized spacial score (nSPS) is 12.8. The van der Waals surface area contributed by atoms with Crippen LogP contribution < -0.4 is 10.6 Å². The Morgan fingerprint density at radius 1 is 1.27 bits per heavy atom. The number of amides is 1. The fourth-order valence-corrected chi connectivity index (χ4v) is 2.01.